The van der Waals surface area contributed by atoms with E-state index in [-0.39, 0.29) is 12.1 Å². The smallest absolute Gasteiger partial charge is 0.325 e. The molecule has 0 amide bonds. The van der Waals surface area contributed by atoms with Crippen molar-refractivity contribution in [2.75, 3.05) is 20.3 Å². The summed E-state index contributed by atoms with van der Waals surface area (Å²) >= 11 is 0. The predicted molar refractivity (Wildman–Crippen MR) is 78.2 cm³/mol. The van der Waals surface area contributed by atoms with Gasteiger partial charge in [0, 0.05) is 6.61 Å². The Kier molecular flexibility index (Phi) is 9.02. The Bertz CT molecular complexity index is 256. The van der Waals surface area contributed by atoms with Crippen molar-refractivity contribution in [3.05, 3.63) is 0 Å². The lowest BCUT2D eigenvalue weighted by atomic mass is 9.96. The number of nitrogens with one attached hydrogen (secondary N) is 1. The average molecular weight is 273 g/mol. The summed E-state index contributed by atoms with van der Waals surface area (Å²) in [6.07, 6.45) is 2.92. The second-order valence-electron chi connectivity index (χ2n) is 5.77. The van der Waals surface area contributed by atoms with Gasteiger partial charge in [-0.3, -0.25) is 4.79 Å². The zero-order valence-electron chi connectivity index (χ0n) is 13.4. The highest BCUT2D eigenvalue weighted by Crippen LogP contribution is 2.15. The zero-order chi connectivity index (χ0) is 14.9. The minimum absolute atomic E-state index is 0.204. The minimum atomic E-state index is -0.603. The van der Waals surface area contributed by atoms with E-state index in [9.17, 15) is 4.79 Å². The molecule has 4 nitrogen and oxygen atoms in total. The van der Waals surface area contributed by atoms with E-state index in [2.05, 4.69) is 26.1 Å². The first kappa shape index (κ1) is 18.4. The van der Waals surface area contributed by atoms with Crippen LogP contribution in [0.5, 0.6) is 0 Å². The van der Waals surface area contributed by atoms with Crippen LogP contribution in [-0.2, 0) is 14.3 Å². The standard InChI is InChI=1S/C15H31NO3/c1-7-16-15(5,14(17)18-6)9-8-10-19-13(4)11-12(2)3/h12-13,16H,7-11H2,1-6H3. The van der Waals surface area contributed by atoms with E-state index in [0.29, 0.717) is 12.5 Å². The van der Waals surface area contributed by atoms with Crippen LogP contribution in [-0.4, -0.2) is 37.9 Å². The summed E-state index contributed by atoms with van der Waals surface area (Å²) in [7, 11) is 1.43. The van der Waals surface area contributed by atoms with Crippen LogP contribution in [0.4, 0.5) is 0 Å². The Morgan fingerprint density at radius 2 is 1.95 bits per heavy atom. The van der Waals surface area contributed by atoms with Gasteiger partial charge in [0.05, 0.1) is 13.2 Å². The van der Waals surface area contributed by atoms with E-state index in [0.717, 1.165) is 25.8 Å². The number of hydrogen-bond donors (Lipinski definition) is 1. The Labute approximate surface area is 118 Å². The number of ether oxygens (including phenoxy) is 2. The molecule has 0 saturated heterocycles. The van der Waals surface area contributed by atoms with Crippen molar-refractivity contribution in [3.63, 3.8) is 0 Å². The highest BCUT2D eigenvalue weighted by atomic mass is 16.5. The van der Waals surface area contributed by atoms with Crippen LogP contribution in [0.2, 0.25) is 0 Å². The number of carbonyl (C=O) groups is 1. The normalized spacial score (nSPS) is 16.2. The number of rotatable bonds is 10. The predicted octanol–water partition coefficient (Wildman–Crippen LogP) is 2.76. The van der Waals surface area contributed by atoms with Crippen molar-refractivity contribution >= 4 is 5.97 Å². The van der Waals surface area contributed by atoms with E-state index in [1.165, 1.54) is 7.11 Å². The number of hydrogen-bond acceptors (Lipinski definition) is 4. The van der Waals surface area contributed by atoms with E-state index >= 15 is 0 Å². The average Bonchev–Trinajstić information content (AvgIpc) is 2.33. The van der Waals surface area contributed by atoms with Crippen LogP contribution in [0.3, 0.4) is 0 Å². The quantitative estimate of drug-likeness (QED) is 0.491. The Hall–Kier alpha value is -0.610. The molecule has 0 radical (unpaired) electrons. The highest BCUT2D eigenvalue weighted by Gasteiger charge is 2.32. The van der Waals surface area contributed by atoms with Crippen molar-refractivity contribution in [1.82, 2.24) is 5.32 Å². The van der Waals surface area contributed by atoms with Gasteiger partial charge in [0.25, 0.3) is 0 Å². The first-order valence-corrected chi connectivity index (χ1v) is 7.30. The van der Waals surface area contributed by atoms with Crippen LogP contribution >= 0.6 is 0 Å². The van der Waals surface area contributed by atoms with Gasteiger partial charge in [-0.15, -0.1) is 0 Å². The lowest BCUT2D eigenvalue weighted by molar-refractivity contribution is -0.148. The topological polar surface area (TPSA) is 47.6 Å². The molecule has 0 bridgehead atoms. The molecule has 0 aliphatic heterocycles. The van der Waals surface area contributed by atoms with Gasteiger partial charge in [-0.2, -0.15) is 0 Å². The minimum Gasteiger partial charge on any atom is -0.468 e. The van der Waals surface area contributed by atoms with E-state index in [1.54, 1.807) is 0 Å². The van der Waals surface area contributed by atoms with Crippen molar-refractivity contribution < 1.29 is 14.3 Å². The fourth-order valence-electron chi connectivity index (χ4n) is 2.32. The first-order chi connectivity index (χ1) is 8.85. The van der Waals surface area contributed by atoms with Crippen molar-refractivity contribution in [3.8, 4) is 0 Å². The highest BCUT2D eigenvalue weighted by molar-refractivity contribution is 5.80. The molecular formula is C15H31NO3. The number of carbonyl (C=O) groups excluding carboxylic acids is 1. The number of likely N-dealkylation sites (N-methyl/N-ethyl adjacent to an activating group) is 1. The summed E-state index contributed by atoms with van der Waals surface area (Å²) < 4.78 is 10.6. The monoisotopic (exact) mass is 273 g/mol. The molecule has 0 rings (SSSR count). The van der Waals surface area contributed by atoms with E-state index < -0.39 is 5.54 Å². The van der Waals surface area contributed by atoms with E-state index in [1.807, 2.05) is 13.8 Å². The first-order valence-electron chi connectivity index (χ1n) is 7.30. The molecule has 0 fully saturated rings. The molecule has 0 aromatic carbocycles. The van der Waals surface area contributed by atoms with Gasteiger partial charge in [-0.25, -0.2) is 0 Å². The van der Waals surface area contributed by atoms with Crippen molar-refractivity contribution in [2.24, 2.45) is 5.92 Å². The molecule has 0 aromatic rings. The summed E-state index contributed by atoms with van der Waals surface area (Å²) in [6, 6.07) is 0. The molecule has 0 aliphatic carbocycles. The van der Waals surface area contributed by atoms with Crippen molar-refractivity contribution in [2.45, 2.75) is 65.5 Å². The van der Waals surface area contributed by atoms with E-state index in [4.69, 9.17) is 9.47 Å². The maximum absolute atomic E-state index is 11.8. The SMILES string of the molecule is CCNC(C)(CCCOC(C)CC(C)C)C(=O)OC. The molecule has 0 saturated carbocycles. The maximum atomic E-state index is 11.8. The Morgan fingerprint density at radius 3 is 2.42 bits per heavy atom. The third-order valence-electron chi connectivity index (χ3n) is 3.23. The summed E-state index contributed by atoms with van der Waals surface area (Å²) in [5, 5.41) is 3.20. The molecular weight excluding hydrogens is 242 g/mol. The molecule has 114 valence electrons. The lowest BCUT2D eigenvalue weighted by Gasteiger charge is -2.27. The van der Waals surface area contributed by atoms with Gasteiger partial charge < -0.3 is 14.8 Å². The second-order valence-corrected chi connectivity index (χ2v) is 5.77. The van der Waals surface area contributed by atoms with Gasteiger partial charge >= 0.3 is 5.97 Å². The fraction of sp³-hybridized carbons (Fsp3) is 0.933. The third-order valence-corrected chi connectivity index (χ3v) is 3.23. The molecule has 0 aromatic heterocycles. The van der Waals surface area contributed by atoms with Gasteiger partial charge in [-0.05, 0) is 45.6 Å². The van der Waals surface area contributed by atoms with Gasteiger partial charge in [0.2, 0.25) is 0 Å². The molecule has 0 heterocycles. The number of methoxy groups -OCH3 is 1. The van der Waals surface area contributed by atoms with Crippen LogP contribution in [0.25, 0.3) is 0 Å². The summed E-state index contributed by atoms with van der Waals surface area (Å²) in [6.45, 7) is 11.8. The van der Waals surface area contributed by atoms with Crippen LogP contribution in [0, 0.1) is 5.92 Å². The largest absolute Gasteiger partial charge is 0.468 e. The van der Waals surface area contributed by atoms with Crippen LogP contribution < -0.4 is 5.32 Å². The van der Waals surface area contributed by atoms with Crippen molar-refractivity contribution in [1.29, 1.82) is 0 Å². The third kappa shape index (κ3) is 7.53. The molecule has 2 atom stereocenters. The summed E-state index contributed by atoms with van der Waals surface area (Å²) in [5.74, 6) is 0.446. The second kappa shape index (κ2) is 9.32. The fourth-order valence-corrected chi connectivity index (χ4v) is 2.32. The molecule has 4 heteroatoms. The van der Waals surface area contributed by atoms with Crippen LogP contribution in [0.15, 0.2) is 0 Å². The molecule has 0 spiro atoms. The van der Waals surface area contributed by atoms with Gasteiger partial charge in [0.15, 0.2) is 0 Å². The lowest BCUT2D eigenvalue weighted by Crippen LogP contribution is -2.50. The summed E-state index contributed by atoms with van der Waals surface area (Å²) in [4.78, 5) is 11.8. The molecule has 0 aliphatic rings. The van der Waals surface area contributed by atoms with Gasteiger partial charge in [-0.1, -0.05) is 20.8 Å². The Balaban J connectivity index is 4.03. The summed E-state index contributed by atoms with van der Waals surface area (Å²) in [5.41, 5.74) is -0.603. The molecule has 2 unspecified atom stereocenters. The maximum Gasteiger partial charge on any atom is 0.325 e. The zero-order valence-corrected chi connectivity index (χ0v) is 13.4. The Morgan fingerprint density at radius 1 is 1.32 bits per heavy atom. The molecule has 1 N–H and O–H groups in total. The van der Waals surface area contributed by atoms with Crippen LogP contribution in [0.1, 0.15) is 53.9 Å². The van der Waals surface area contributed by atoms with Gasteiger partial charge in [0.1, 0.15) is 5.54 Å². The number of esters is 1. The molecule has 19 heavy (non-hydrogen) atoms.